The highest BCUT2D eigenvalue weighted by molar-refractivity contribution is 7.89. The van der Waals surface area contributed by atoms with Crippen molar-refractivity contribution in [1.82, 2.24) is 4.72 Å². The van der Waals surface area contributed by atoms with Gasteiger partial charge in [0.1, 0.15) is 0 Å². The second-order valence-corrected chi connectivity index (χ2v) is 7.73. The molecule has 0 heterocycles. The molecular formula is C13H28N2O2S. The van der Waals surface area contributed by atoms with Gasteiger partial charge >= 0.3 is 0 Å². The molecule has 4 nitrogen and oxygen atoms in total. The number of hydrogen-bond acceptors (Lipinski definition) is 3. The second kappa shape index (κ2) is 7.46. The first kappa shape index (κ1) is 15.9. The molecule has 0 aromatic heterocycles. The third kappa shape index (κ3) is 5.67. The van der Waals surface area contributed by atoms with Gasteiger partial charge in [-0.15, -0.1) is 0 Å². The summed E-state index contributed by atoms with van der Waals surface area (Å²) in [5.41, 5.74) is 5.74. The van der Waals surface area contributed by atoms with Crippen molar-refractivity contribution < 1.29 is 8.42 Å². The first-order chi connectivity index (χ1) is 8.44. The third-order valence-electron chi connectivity index (χ3n) is 3.77. The maximum atomic E-state index is 12.0. The van der Waals surface area contributed by atoms with Gasteiger partial charge in [-0.2, -0.15) is 0 Å². The fourth-order valence-corrected chi connectivity index (χ4v) is 4.20. The zero-order valence-electron chi connectivity index (χ0n) is 11.7. The van der Waals surface area contributed by atoms with Crippen LogP contribution in [0.3, 0.4) is 0 Å². The molecule has 1 saturated carbocycles. The summed E-state index contributed by atoms with van der Waals surface area (Å²) < 4.78 is 26.8. The molecule has 0 radical (unpaired) electrons. The average Bonchev–Trinajstić information content (AvgIpc) is 2.35. The Balaban J connectivity index is 2.50. The Bertz CT molecular complexity index is 322. The van der Waals surface area contributed by atoms with Crippen molar-refractivity contribution in [2.75, 3.05) is 12.3 Å². The predicted octanol–water partition coefficient (Wildman–Crippen LogP) is 1.86. The third-order valence-corrected chi connectivity index (χ3v) is 5.20. The van der Waals surface area contributed by atoms with E-state index in [2.05, 4.69) is 4.72 Å². The molecule has 0 aliphatic heterocycles. The molecule has 1 unspecified atom stereocenters. The van der Waals surface area contributed by atoms with Crippen LogP contribution in [0.15, 0.2) is 0 Å². The van der Waals surface area contributed by atoms with E-state index in [1.54, 1.807) is 0 Å². The van der Waals surface area contributed by atoms with E-state index < -0.39 is 10.0 Å². The fourth-order valence-electron chi connectivity index (χ4n) is 2.55. The lowest BCUT2D eigenvalue weighted by molar-refractivity contribution is 0.294. The Morgan fingerprint density at radius 3 is 2.33 bits per heavy atom. The van der Waals surface area contributed by atoms with Crippen LogP contribution in [0.2, 0.25) is 0 Å². The van der Waals surface area contributed by atoms with E-state index in [1.807, 2.05) is 13.8 Å². The lowest BCUT2D eigenvalue weighted by Crippen LogP contribution is -2.46. The summed E-state index contributed by atoms with van der Waals surface area (Å²) in [5.74, 6) is 1.05. The average molecular weight is 276 g/mol. The van der Waals surface area contributed by atoms with E-state index in [0.29, 0.717) is 24.8 Å². The van der Waals surface area contributed by atoms with Gasteiger partial charge in [0.25, 0.3) is 0 Å². The van der Waals surface area contributed by atoms with Crippen molar-refractivity contribution >= 4 is 10.0 Å². The van der Waals surface area contributed by atoms with Gasteiger partial charge in [0, 0.05) is 12.6 Å². The van der Waals surface area contributed by atoms with Crippen LogP contribution in [0, 0.1) is 11.8 Å². The number of sulfonamides is 1. The lowest BCUT2D eigenvalue weighted by atomic mass is 9.84. The van der Waals surface area contributed by atoms with Gasteiger partial charge in [-0.25, -0.2) is 13.1 Å². The summed E-state index contributed by atoms with van der Waals surface area (Å²) in [7, 11) is -3.17. The number of nitrogens with one attached hydrogen (secondary N) is 1. The smallest absolute Gasteiger partial charge is 0.211 e. The van der Waals surface area contributed by atoms with Crippen LogP contribution in [-0.2, 0) is 10.0 Å². The lowest BCUT2D eigenvalue weighted by Gasteiger charge is -2.29. The Morgan fingerprint density at radius 2 is 1.83 bits per heavy atom. The Hall–Kier alpha value is -0.130. The van der Waals surface area contributed by atoms with Crippen molar-refractivity contribution in [2.24, 2.45) is 17.6 Å². The van der Waals surface area contributed by atoms with Crippen LogP contribution in [0.4, 0.5) is 0 Å². The van der Waals surface area contributed by atoms with E-state index >= 15 is 0 Å². The minimum absolute atomic E-state index is 0.0672. The summed E-state index contributed by atoms with van der Waals surface area (Å²) >= 11 is 0. The van der Waals surface area contributed by atoms with Crippen LogP contribution in [0.25, 0.3) is 0 Å². The van der Waals surface area contributed by atoms with E-state index in [4.69, 9.17) is 5.73 Å². The largest absolute Gasteiger partial charge is 0.329 e. The molecule has 0 amide bonds. The monoisotopic (exact) mass is 276 g/mol. The summed E-state index contributed by atoms with van der Waals surface area (Å²) in [6.07, 6.45) is 6.60. The van der Waals surface area contributed by atoms with E-state index in [-0.39, 0.29) is 11.8 Å². The van der Waals surface area contributed by atoms with Crippen molar-refractivity contribution in [2.45, 2.75) is 58.4 Å². The zero-order valence-corrected chi connectivity index (χ0v) is 12.5. The van der Waals surface area contributed by atoms with E-state index in [1.165, 1.54) is 19.3 Å². The fraction of sp³-hybridized carbons (Fsp3) is 1.00. The van der Waals surface area contributed by atoms with Gasteiger partial charge in [0.15, 0.2) is 0 Å². The summed E-state index contributed by atoms with van der Waals surface area (Å²) in [6, 6.07) is -0.0672. The zero-order chi connectivity index (χ0) is 13.6. The normalized spacial score (nSPS) is 20.2. The predicted molar refractivity (Wildman–Crippen MR) is 75.8 cm³/mol. The molecule has 1 rings (SSSR count). The van der Waals surface area contributed by atoms with Crippen LogP contribution in [0.1, 0.15) is 52.4 Å². The molecule has 18 heavy (non-hydrogen) atoms. The molecule has 1 aliphatic carbocycles. The van der Waals surface area contributed by atoms with Gasteiger partial charge in [-0.1, -0.05) is 33.1 Å². The minimum Gasteiger partial charge on any atom is -0.329 e. The van der Waals surface area contributed by atoms with Crippen molar-refractivity contribution in [1.29, 1.82) is 0 Å². The van der Waals surface area contributed by atoms with Gasteiger partial charge in [-0.05, 0) is 31.1 Å². The van der Waals surface area contributed by atoms with Crippen molar-refractivity contribution in [3.8, 4) is 0 Å². The van der Waals surface area contributed by atoms with Crippen LogP contribution >= 0.6 is 0 Å². The Morgan fingerprint density at radius 1 is 1.22 bits per heavy atom. The highest BCUT2D eigenvalue weighted by Gasteiger charge is 2.26. The molecule has 0 spiro atoms. The molecular weight excluding hydrogens is 248 g/mol. The molecule has 108 valence electrons. The van der Waals surface area contributed by atoms with Gasteiger partial charge < -0.3 is 5.73 Å². The quantitative estimate of drug-likeness (QED) is 0.745. The van der Waals surface area contributed by atoms with E-state index in [0.717, 1.165) is 12.8 Å². The van der Waals surface area contributed by atoms with Gasteiger partial charge in [0.05, 0.1) is 5.75 Å². The topological polar surface area (TPSA) is 72.2 Å². The number of nitrogens with two attached hydrogens (primary N) is 1. The van der Waals surface area contributed by atoms with Crippen molar-refractivity contribution in [3.05, 3.63) is 0 Å². The highest BCUT2D eigenvalue weighted by atomic mass is 32.2. The first-order valence-corrected chi connectivity index (χ1v) is 8.80. The van der Waals surface area contributed by atoms with Crippen LogP contribution in [0.5, 0.6) is 0 Å². The molecule has 1 fully saturated rings. The molecule has 1 atom stereocenters. The maximum Gasteiger partial charge on any atom is 0.211 e. The number of rotatable bonds is 7. The van der Waals surface area contributed by atoms with Crippen LogP contribution < -0.4 is 10.5 Å². The summed E-state index contributed by atoms with van der Waals surface area (Å²) in [5, 5.41) is 0. The number of hydrogen-bond donors (Lipinski definition) is 2. The van der Waals surface area contributed by atoms with Crippen molar-refractivity contribution in [3.63, 3.8) is 0 Å². The minimum atomic E-state index is -3.17. The molecule has 0 aromatic carbocycles. The Labute approximate surface area is 112 Å². The highest BCUT2D eigenvalue weighted by Crippen LogP contribution is 2.26. The second-order valence-electron chi connectivity index (χ2n) is 5.86. The molecule has 1 aliphatic rings. The van der Waals surface area contributed by atoms with Gasteiger partial charge in [0.2, 0.25) is 10.0 Å². The van der Waals surface area contributed by atoms with Gasteiger partial charge in [-0.3, -0.25) is 0 Å². The summed E-state index contributed by atoms with van der Waals surface area (Å²) in [4.78, 5) is 0. The SMILES string of the molecule is CC(C)CCS(=O)(=O)NC(CN)C1CCCCC1. The van der Waals surface area contributed by atoms with Crippen LogP contribution in [-0.4, -0.2) is 26.8 Å². The maximum absolute atomic E-state index is 12.0. The molecule has 0 bridgehead atoms. The molecule has 0 saturated heterocycles. The molecule has 3 N–H and O–H groups in total. The Kier molecular flexibility index (Phi) is 6.60. The van der Waals surface area contributed by atoms with E-state index in [9.17, 15) is 8.42 Å². The standard InChI is InChI=1S/C13H28N2O2S/c1-11(2)8-9-18(16,17)15-13(10-14)12-6-4-3-5-7-12/h11-13,15H,3-10,14H2,1-2H3. The summed E-state index contributed by atoms with van der Waals surface area (Å²) in [6.45, 7) is 4.49. The molecule has 5 heteroatoms. The molecule has 0 aromatic rings. The first-order valence-electron chi connectivity index (χ1n) is 7.14.